The molecular formula is C28H27N2O5-. The minimum Gasteiger partial charge on any atom is -0.550 e. The molecule has 0 radical (unpaired) electrons. The van der Waals surface area contributed by atoms with Crippen molar-refractivity contribution in [2.45, 2.75) is 26.3 Å². The van der Waals surface area contributed by atoms with Gasteiger partial charge >= 0.3 is 0 Å². The van der Waals surface area contributed by atoms with E-state index in [4.69, 9.17) is 9.47 Å². The molecular weight excluding hydrogens is 444 g/mol. The van der Waals surface area contributed by atoms with Gasteiger partial charge in [-0.1, -0.05) is 35.4 Å². The van der Waals surface area contributed by atoms with E-state index >= 15 is 0 Å². The minimum atomic E-state index is -1.28. The number of hydrogen-bond acceptors (Lipinski definition) is 6. The number of aryl methyl sites for hydroxylation is 2. The van der Waals surface area contributed by atoms with Gasteiger partial charge in [-0.25, -0.2) is 0 Å². The third kappa shape index (κ3) is 4.84. The summed E-state index contributed by atoms with van der Waals surface area (Å²) in [7, 11) is 3.08. The number of methoxy groups -OCH3 is 2. The molecule has 0 aliphatic carbocycles. The summed E-state index contributed by atoms with van der Waals surface area (Å²) >= 11 is 0. The van der Waals surface area contributed by atoms with Crippen molar-refractivity contribution >= 4 is 23.3 Å². The number of anilines is 2. The molecule has 0 unspecified atom stereocenters. The first-order valence-corrected chi connectivity index (χ1v) is 11.2. The largest absolute Gasteiger partial charge is 0.550 e. The Kier molecular flexibility index (Phi) is 6.78. The van der Waals surface area contributed by atoms with E-state index in [0.717, 1.165) is 11.1 Å². The lowest BCUT2D eigenvalue weighted by molar-refractivity contribution is -0.304. The first kappa shape index (κ1) is 23.9. The molecule has 0 spiro atoms. The van der Waals surface area contributed by atoms with Crippen molar-refractivity contribution in [3.05, 3.63) is 94.7 Å². The summed E-state index contributed by atoms with van der Waals surface area (Å²) in [6, 6.07) is 19.6. The number of carboxylic acids is 1. The van der Waals surface area contributed by atoms with Crippen LogP contribution in [0.2, 0.25) is 0 Å². The fraction of sp³-hybridized carbons (Fsp3) is 0.214. The molecule has 1 atom stereocenters. The van der Waals surface area contributed by atoms with E-state index < -0.39 is 18.4 Å². The van der Waals surface area contributed by atoms with Gasteiger partial charge in [0.25, 0.3) is 5.91 Å². The quantitative estimate of drug-likeness (QED) is 0.536. The number of aliphatic carboxylic acids is 1. The van der Waals surface area contributed by atoms with Gasteiger partial charge in [0.15, 0.2) is 0 Å². The maximum Gasteiger partial charge on any atom is 0.275 e. The fourth-order valence-electron chi connectivity index (χ4n) is 4.27. The topological polar surface area (TPSA) is 90.9 Å². The molecule has 1 heterocycles. The van der Waals surface area contributed by atoms with Gasteiger partial charge in [-0.2, -0.15) is 0 Å². The zero-order valence-electron chi connectivity index (χ0n) is 20.1. The van der Waals surface area contributed by atoms with Gasteiger partial charge in [0.1, 0.15) is 17.2 Å². The molecule has 0 fully saturated rings. The van der Waals surface area contributed by atoms with Crippen molar-refractivity contribution in [2.75, 3.05) is 24.4 Å². The van der Waals surface area contributed by atoms with Gasteiger partial charge < -0.3 is 24.7 Å². The van der Waals surface area contributed by atoms with Crippen LogP contribution in [0.15, 0.2) is 78.0 Å². The molecule has 1 N–H and O–H groups in total. The number of nitrogens with zero attached hydrogens (tertiary/aromatic N) is 1. The van der Waals surface area contributed by atoms with Crippen molar-refractivity contribution in [1.82, 2.24) is 0 Å². The van der Waals surface area contributed by atoms with Gasteiger partial charge in [0, 0.05) is 35.4 Å². The third-order valence-corrected chi connectivity index (χ3v) is 6.05. The maximum atomic E-state index is 13.9. The highest BCUT2D eigenvalue weighted by atomic mass is 16.5. The average molecular weight is 472 g/mol. The SMILES string of the molecule is COc1ccc([C@H]2C(CC(=O)[O-])=C(Nc3ccc(C)cc3)C(=O)N2c2ccc(C)cc2)c(OC)c1. The number of rotatable bonds is 8. The normalized spacial score (nSPS) is 15.4. The lowest BCUT2D eigenvalue weighted by Crippen LogP contribution is -2.32. The van der Waals surface area contributed by atoms with Gasteiger partial charge in [0.2, 0.25) is 0 Å². The monoisotopic (exact) mass is 471 g/mol. The van der Waals surface area contributed by atoms with Gasteiger partial charge in [0.05, 0.1) is 20.3 Å². The Labute approximate surface area is 204 Å². The molecule has 0 saturated heterocycles. The van der Waals surface area contributed by atoms with E-state index in [-0.39, 0.29) is 11.6 Å². The van der Waals surface area contributed by atoms with Crippen molar-refractivity contribution in [2.24, 2.45) is 0 Å². The van der Waals surface area contributed by atoms with Crippen LogP contribution in [0, 0.1) is 13.8 Å². The smallest absolute Gasteiger partial charge is 0.275 e. The van der Waals surface area contributed by atoms with Gasteiger partial charge in [-0.15, -0.1) is 0 Å². The summed E-state index contributed by atoms with van der Waals surface area (Å²) in [5.41, 5.74) is 4.67. The van der Waals surface area contributed by atoms with Crippen LogP contribution in [-0.4, -0.2) is 26.1 Å². The Balaban J connectivity index is 1.92. The molecule has 1 aliphatic heterocycles. The highest BCUT2D eigenvalue weighted by molar-refractivity contribution is 6.12. The van der Waals surface area contributed by atoms with Crippen LogP contribution >= 0.6 is 0 Å². The van der Waals surface area contributed by atoms with Crippen molar-refractivity contribution in [1.29, 1.82) is 0 Å². The van der Waals surface area contributed by atoms with Crippen LogP contribution in [0.5, 0.6) is 11.5 Å². The summed E-state index contributed by atoms with van der Waals surface area (Å²) in [5.74, 6) is -0.556. The highest BCUT2D eigenvalue weighted by Crippen LogP contribution is 2.46. The predicted octanol–water partition coefficient (Wildman–Crippen LogP) is 3.91. The van der Waals surface area contributed by atoms with Crippen LogP contribution < -0.4 is 24.8 Å². The van der Waals surface area contributed by atoms with Crippen LogP contribution in [0.1, 0.15) is 29.2 Å². The zero-order chi connectivity index (χ0) is 25.1. The first-order valence-electron chi connectivity index (χ1n) is 11.2. The molecule has 0 bridgehead atoms. The molecule has 0 saturated carbocycles. The van der Waals surface area contributed by atoms with Crippen molar-refractivity contribution in [3.63, 3.8) is 0 Å². The van der Waals surface area contributed by atoms with Gasteiger partial charge in [-0.05, 0) is 55.8 Å². The van der Waals surface area contributed by atoms with Crippen molar-refractivity contribution < 1.29 is 24.2 Å². The minimum absolute atomic E-state index is 0.210. The molecule has 0 aromatic heterocycles. The number of carboxylic acid groups (broad SMARTS) is 1. The molecule has 7 heteroatoms. The second-order valence-electron chi connectivity index (χ2n) is 8.46. The Bertz CT molecular complexity index is 1280. The van der Waals surface area contributed by atoms with Crippen LogP contribution in [0.25, 0.3) is 0 Å². The molecule has 1 aliphatic rings. The lowest BCUT2D eigenvalue weighted by atomic mass is 9.95. The van der Waals surface area contributed by atoms with Crippen LogP contribution in [0.3, 0.4) is 0 Å². The van der Waals surface area contributed by atoms with Crippen molar-refractivity contribution in [3.8, 4) is 11.5 Å². The second-order valence-corrected chi connectivity index (χ2v) is 8.46. The zero-order valence-corrected chi connectivity index (χ0v) is 20.1. The number of hydrogen-bond donors (Lipinski definition) is 1. The standard InChI is InChI=1S/C28H28N2O5/c1-17-5-9-19(10-6-17)29-26-23(16-25(31)32)27(22-14-13-21(34-3)15-24(22)35-4)30(28(26)33)20-11-7-18(2)8-12-20/h5-15,27,29H,16H2,1-4H3,(H,31,32)/p-1/t27-/m0/s1. The van der Waals surface area contributed by atoms with Crippen LogP contribution in [0.4, 0.5) is 11.4 Å². The summed E-state index contributed by atoms with van der Waals surface area (Å²) in [6.45, 7) is 3.93. The van der Waals surface area contributed by atoms with E-state index in [1.807, 2.05) is 62.4 Å². The predicted molar refractivity (Wildman–Crippen MR) is 132 cm³/mol. The highest BCUT2D eigenvalue weighted by Gasteiger charge is 2.42. The number of benzene rings is 3. The number of amides is 1. The van der Waals surface area contributed by atoms with E-state index in [9.17, 15) is 14.7 Å². The summed E-state index contributed by atoms with van der Waals surface area (Å²) in [6.07, 6.45) is -0.428. The fourth-order valence-corrected chi connectivity index (χ4v) is 4.27. The maximum absolute atomic E-state index is 13.9. The Hall–Kier alpha value is -4.26. The van der Waals surface area contributed by atoms with E-state index in [1.54, 1.807) is 30.2 Å². The number of ether oxygens (including phenoxy) is 2. The second kappa shape index (κ2) is 9.93. The Morgan fingerprint density at radius 2 is 1.57 bits per heavy atom. The molecule has 4 rings (SSSR count). The molecule has 7 nitrogen and oxygen atoms in total. The van der Waals surface area contributed by atoms with E-state index in [1.165, 1.54) is 7.11 Å². The molecule has 35 heavy (non-hydrogen) atoms. The molecule has 3 aromatic carbocycles. The molecule has 180 valence electrons. The summed E-state index contributed by atoms with van der Waals surface area (Å²) in [5, 5.41) is 15.0. The van der Waals surface area contributed by atoms with Crippen LogP contribution in [-0.2, 0) is 9.59 Å². The number of carbonyl (C=O) groups excluding carboxylic acids is 2. The number of nitrogens with one attached hydrogen (secondary N) is 1. The molecule has 1 amide bonds. The van der Waals surface area contributed by atoms with E-state index in [2.05, 4.69) is 5.32 Å². The molecule has 3 aromatic rings. The first-order chi connectivity index (χ1) is 16.8. The third-order valence-electron chi connectivity index (χ3n) is 6.05. The van der Waals surface area contributed by atoms with E-state index in [0.29, 0.717) is 34.0 Å². The number of carbonyl (C=O) groups is 2. The average Bonchev–Trinajstić information content (AvgIpc) is 3.10. The summed E-state index contributed by atoms with van der Waals surface area (Å²) in [4.78, 5) is 27.4. The Morgan fingerprint density at radius 3 is 2.14 bits per heavy atom. The Morgan fingerprint density at radius 1 is 0.943 bits per heavy atom. The summed E-state index contributed by atoms with van der Waals surface area (Å²) < 4.78 is 11.0. The van der Waals surface area contributed by atoms with Gasteiger partial charge in [-0.3, -0.25) is 9.69 Å². The lowest BCUT2D eigenvalue weighted by Gasteiger charge is -2.29.